The number of carbonyl (C=O) groups is 2. The van der Waals surface area contributed by atoms with Crippen LogP contribution in [0.1, 0.15) is 42.4 Å². The molecular weight excluding hydrogens is 314 g/mol. The molecule has 2 heterocycles. The molecule has 4 fully saturated rings. The van der Waals surface area contributed by atoms with Gasteiger partial charge < -0.3 is 5.73 Å². The van der Waals surface area contributed by atoms with E-state index in [4.69, 9.17) is 5.73 Å². The quantitative estimate of drug-likeness (QED) is 0.867. The summed E-state index contributed by atoms with van der Waals surface area (Å²) < 4.78 is 1.83. The first-order chi connectivity index (χ1) is 12.0. The van der Waals surface area contributed by atoms with Gasteiger partial charge >= 0.3 is 0 Å². The minimum absolute atomic E-state index is 0.0689. The zero-order valence-electron chi connectivity index (χ0n) is 14.2. The highest BCUT2D eigenvalue weighted by Crippen LogP contribution is 2.88. The summed E-state index contributed by atoms with van der Waals surface area (Å²) in [4.78, 5) is 29.5. The fourth-order valence-electron chi connectivity index (χ4n) is 6.99. The van der Waals surface area contributed by atoms with Crippen molar-refractivity contribution in [1.29, 1.82) is 0 Å². The van der Waals surface area contributed by atoms with Gasteiger partial charge in [-0.2, -0.15) is 0 Å². The summed E-state index contributed by atoms with van der Waals surface area (Å²) >= 11 is 0. The van der Waals surface area contributed by atoms with Crippen LogP contribution in [0.2, 0.25) is 0 Å². The largest absolute Gasteiger partial charge is 0.318 e. The Bertz CT molecular complexity index is 978. The minimum Gasteiger partial charge on any atom is -0.318 e. The van der Waals surface area contributed by atoms with Gasteiger partial charge in [-0.3, -0.25) is 14.0 Å². The molecule has 2 aromatic heterocycles. The van der Waals surface area contributed by atoms with Crippen molar-refractivity contribution in [2.75, 3.05) is 0 Å². The number of nitrogens with zero attached hydrogens (tertiary/aromatic N) is 2. The number of hydrogen-bond acceptors (Lipinski definition) is 4. The summed E-state index contributed by atoms with van der Waals surface area (Å²) in [6.45, 7) is 1.55. The molecule has 6 unspecified atom stereocenters. The van der Waals surface area contributed by atoms with Gasteiger partial charge in [-0.15, -0.1) is 0 Å². The molecule has 5 nitrogen and oxygen atoms in total. The zero-order valence-corrected chi connectivity index (χ0v) is 14.2. The predicted molar refractivity (Wildman–Crippen MR) is 91.1 cm³/mol. The molecule has 6 rings (SSSR count). The summed E-state index contributed by atoms with van der Waals surface area (Å²) in [5.74, 6) is 2.41. The van der Waals surface area contributed by atoms with Crippen LogP contribution in [0.3, 0.4) is 0 Å². The minimum atomic E-state index is -0.697. The van der Waals surface area contributed by atoms with Gasteiger partial charge in [0.2, 0.25) is 0 Å². The Kier molecular flexibility index (Phi) is 2.29. The van der Waals surface area contributed by atoms with E-state index in [-0.39, 0.29) is 11.6 Å². The fraction of sp³-hybridized carbons (Fsp3) is 0.550. The second-order valence-corrected chi connectivity index (χ2v) is 8.76. The van der Waals surface area contributed by atoms with E-state index < -0.39 is 5.54 Å². The van der Waals surface area contributed by atoms with E-state index in [1.165, 1.54) is 6.42 Å². The number of fused-ring (bicyclic) bond motifs is 1. The molecule has 5 heteroatoms. The molecule has 25 heavy (non-hydrogen) atoms. The van der Waals surface area contributed by atoms with Crippen molar-refractivity contribution in [3.8, 4) is 0 Å². The van der Waals surface area contributed by atoms with Crippen LogP contribution >= 0.6 is 0 Å². The van der Waals surface area contributed by atoms with Gasteiger partial charge in [-0.1, -0.05) is 6.07 Å². The lowest BCUT2D eigenvalue weighted by atomic mass is 9.34. The van der Waals surface area contributed by atoms with Crippen molar-refractivity contribution >= 4 is 17.2 Å². The topological polar surface area (TPSA) is 77.5 Å². The Morgan fingerprint density at radius 2 is 2.16 bits per heavy atom. The molecule has 0 aromatic carbocycles. The first kappa shape index (κ1) is 14.2. The van der Waals surface area contributed by atoms with Gasteiger partial charge in [0.1, 0.15) is 11.4 Å². The number of ketones is 2. The molecule has 2 aromatic rings. The maximum Gasteiger partial charge on any atom is 0.199 e. The third-order valence-corrected chi connectivity index (χ3v) is 8.01. The monoisotopic (exact) mass is 335 g/mol. The maximum atomic E-state index is 13.6. The Morgan fingerprint density at radius 3 is 2.84 bits per heavy atom. The van der Waals surface area contributed by atoms with Crippen molar-refractivity contribution in [1.82, 2.24) is 9.38 Å². The molecule has 4 saturated carbocycles. The van der Waals surface area contributed by atoms with E-state index >= 15 is 0 Å². The standard InChI is InChI=1S/C20H21N3O2/c1-10(24)5-12-9-23-15(3-2-4-17(23)22-12)18(25)20(21)14-8-19-11(6-13(14)19)7-16(19)20/h2-4,9,11,13-14,16H,5-8,21H2,1H3. The molecule has 4 aliphatic carbocycles. The Hall–Kier alpha value is -2.01. The molecule has 1 spiro atoms. The molecule has 0 radical (unpaired) electrons. The summed E-state index contributed by atoms with van der Waals surface area (Å²) in [5.41, 5.74) is 8.63. The first-order valence-corrected chi connectivity index (χ1v) is 9.26. The van der Waals surface area contributed by atoms with Crippen LogP contribution in [0.5, 0.6) is 0 Å². The zero-order chi connectivity index (χ0) is 17.1. The van der Waals surface area contributed by atoms with Gasteiger partial charge in [-0.05, 0) is 67.4 Å². The van der Waals surface area contributed by atoms with E-state index in [2.05, 4.69) is 4.98 Å². The number of carbonyl (C=O) groups excluding carboxylic acids is 2. The third-order valence-electron chi connectivity index (χ3n) is 8.01. The van der Waals surface area contributed by atoms with Crippen LogP contribution in [-0.2, 0) is 11.2 Å². The summed E-state index contributed by atoms with van der Waals surface area (Å²) in [5, 5.41) is 0. The third kappa shape index (κ3) is 1.34. The molecule has 4 aliphatic rings. The highest BCUT2D eigenvalue weighted by atomic mass is 16.1. The van der Waals surface area contributed by atoms with E-state index in [1.54, 1.807) is 6.92 Å². The summed E-state index contributed by atoms with van der Waals surface area (Å²) in [6, 6.07) is 5.60. The van der Waals surface area contributed by atoms with Gasteiger partial charge in [0.25, 0.3) is 0 Å². The fourth-order valence-corrected chi connectivity index (χ4v) is 6.99. The van der Waals surface area contributed by atoms with Crippen molar-refractivity contribution in [3.05, 3.63) is 35.8 Å². The maximum absolute atomic E-state index is 13.6. The number of hydrogen-bond donors (Lipinski definition) is 1. The van der Waals surface area contributed by atoms with Crippen LogP contribution in [0.4, 0.5) is 0 Å². The predicted octanol–water partition coefficient (Wildman–Crippen LogP) is 2.02. The SMILES string of the molecule is CC(=O)Cc1cn2c(C(=O)C3(N)C4CC56C(CC45)CC36)cccc2n1. The van der Waals surface area contributed by atoms with Gasteiger partial charge in [0.15, 0.2) is 5.78 Å². The molecule has 0 amide bonds. The van der Waals surface area contributed by atoms with Gasteiger partial charge in [-0.25, -0.2) is 4.98 Å². The van der Waals surface area contributed by atoms with Crippen LogP contribution in [-0.4, -0.2) is 26.5 Å². The molecule has 2 bridgehead atoms. The lowest BCUT2D eigenvalue weighted by Crippen LogP contribution is -2.64. The van der Waals surface area contributed by atoms with Crippen LogP contribution in [0.15, 0.2) is 24.4 Å². The molecule has 0 saturated heterocycles. The number of Topliss-reactive ketones (excluding diaryl/α,β-unsaturated/α-hetero) is 2. The van der Waals surface area contributed by atoms with Crippen LogP contribution in [0.25, 0.3) is 5.65 Å². The van der Waals surface area contributed by atoms with Crippen molar-refractivity contribution in [2.24, 2.45) is 34.8 Å². The number of rotatable bonds is 4. The van der Waals surface area contributed by atoms with Crippen molar-refractivity contribution in [2.45, 2.75) is 38.1 Å². The molecular formula is C20H21N3O2. The number of nitrogens with two attached hydrogens (primary N) is 1. The van der Waals surface area contributed by atoms with Crippen molar-refractivity contribution in [3.63, 3.8) is 0 Å². The Balaban J connectivity index is 1.44. The highest BCUT2D eigenvalue weighted by Gasteiger charge is 2.87. The smallest absolute Gasteiger partial charge is 0.199 e. The van der Waals surface area contributed by atoms with Crippen LogP contribution < -0.4 is 5.73 Å². The average Bonchev–Trinajstić information content (AvgIpc) is 3.02. The number of pyridine rings is 1. The lowest BCUT2D eigenvalue weighted by Gasteiger charge is -2.70. The van der Waals surface area contributed by atoms with Gasteiger partial charge in [0.05, 0.1) is 16.9 Å². The van der Waals surface area contributed by atoms with E-state index in [1.807, 2.05) is 28.8 Å². The van der Waals surface area contributed by atoms with Crippen LogP contribution in [0, 0.1) is 29.1 Å². The summed E-state index contributed by atoms with van der Waals surface area (Å²) in [6.07, 6.45) is 5.69. The average molecular weight is 335 g/mol. The Morgan fingerprint density at radius 1 is 1.32 bits per heavy atom. The highest BCUT2D eigenvalue weighted by molar-refractivity contribution is 6.04. The van der Waals surface area contributed by atoms with E-state index in [0.29, 0.717) is 46.6 Å². The number of aromatic nitrogens is 2. The molecule has 6 atom stereocenters. The second-order valence-electron chi connectivity index (χ2n) is 8.76. The first-order valence-electron chi connectivity index (χ1n) is 9.26. The summed E-state index contributed by atoms with van der Waals surface area (Å²) in [7, 11) is 0. The molecule has 2 N–H and O–H groups in total. The Labute approximate surface area is 145 Å². The number of imidazole rings is 1. The molecule has 0 aliphatic heterocycles. The van der Waals surface area contributed by atoms with Gasteiger partial charge in [0, 0.05) is 12.6 Å². The second kappa shape index (κ2) is 4.04. The molecule has 128 valence electrons. The van der Waals surface area contributed by atoms with E-state index in [9.17, 15) is 9.59 Å². The van der Waals surface area contributed by atoms with Crippen molar-refractivity contribution < 1.29 is 9.59 Å². The normalized spacial score (nSPS) is 42.3. The van der Waals surface area contributed by atoms with E-state index in [0.717, 1.165) is 18.8 Å². The lowest BCUT2D eigenvalue weighted by molar-refractivity contribution is -0.225.